The highest BCUT2D eigenvalue weighted by Crippen LogP contribution is 2.36. The first kappa shape index (κ1) is 12.6. The highest BCUT2D eigenvalue weighted by molar-refractivity contribution is 5.42. The zero-order chi connectivity index (χ0) is 12.3. The van der Waals surface area contributed by atoms with E-state index < -0.39 is 12.2 Å². The summed E-state index contributed by atoms with van der Waals surface area (Å²) >= 11 is 0. The van der Waals surface area contributed by atoms with E-state index in [0.29, 0.717) is 5.75 Å². The van der Waals surface area contributed by atoms with Crippen LogP contribution in [0.25, 0.3) is 0 Å². The number of alkyl halides is 3. The summed E-state index contributed by atoms with van der Waals surface area (Å²) < 4.78 is 47.0. The fourth-order valence-corrected chi connectivity index (χ4v) is 1.25. The molecule has 6 heteroatoms. The second-order valence-electron chi connectivity index (χ2n) is 3.13. The summed E-state index contributed by atoms with van der Waals surface area (Å²) in [5.41, 5.74) is 4.98. The topological polar surface area (TPSA) is 44.5 Å². The highest BCUT2D eigenvalue weighted by atomic mass is 19.4. The number of rotatable bonds is 3. The molecule has 1 rings (SSSR count). The van der Waals surface area contributed by atoms with E-state index in [1.807, 2.05) is 0 Å². The van der Waals surface area contributed by atoms with Crippen molar-refractivity contribution in [2.24, 2.45) is 5.73 Å². The van der Waals surface area contributed by atoms with E-state index in [0.717, 1.165) is 0 Å². The number of ether oxygens (including phenoxy) is 2. The number of hydrogen-bond donors (Lipinski definition) is 1. The van der Waals surface area contributed by atoms with Crippen molar-refractivity contribution in [3.63, 3.8) is 0 Å². The van der Waals surface area contributed by atoms with Gasteiger partial charge in [0.05, 0.1) is 14.2 Å². The Hall–Kier alpha value is -1.43. The highest BCUT2D eigenvalue weighted by Gasteiger charge is 2.39. The van der Waals surface area contributed by atoms with Crippen LogP contribution in [0.15, 0.2) is 18.2 Å². The third-order valence-corrected chi connectivity index (χ3v) is 2.13. The Bertz CT molecular complexity index is 366. The number of methoxy groups -OCH3 is 2. The summed E-state index contributed by atoms with van der Waals surface area (Å²) in [6.07, 6.45) is -4.50. The van der Waals surface area contributed by atoms with Gasteiger partial charge in [0.15, 0.2) is 0 Å². The van der Waals surface area contributed by atoms with E-state index in [9.17, 15) is 13.2 Å². The second-order valence-corrected chi connectivity index (χ2v) is 3.13. The van der Waals surface area contributed by atoms with Crippen LogP contribution in [0, 0.1) is 0 Å². The van der Waals surface area contributed by atoms with Crippen LogP contribution in [0.2, 0.25) is 0 Å². The molecule has 0 bridgehead atoms. The van der Waals surface area contributed by atoms with Crippen LogP contribution in [0.3, 0.4) is 0 Å². The fourth-order valence-electron chi connectivity index (χ4n) is 1.25. The van der Waals surface area contributed by atoms with Crippen LogP contribution in [0.4, 0.5) is 13.2 Å². The largest absolute Gasteiger partial charge is 0.497 e. The Labute approximate surface area is 91.0 Å². The van der Waals surface area contributed by atoms with E-state index >= 15 is 0 Å². The van der Waals surface area contributed by atoms with Gasteiger partial charge in [-0.25, -0.2) is 0 Å². The molecule has 0 fully saturated rings. The first-order valence-electron chi connectivity index (χ1n) is 4.44. The van der Waals surface area contributed by atoms with Gasteiger partial charge < -0.3 is 15.2 Å². The van der Waals surface area contributed by atoms with Gasteiger partial charge in [-0.1, -0.05) is 0 Å². The van der Waals surface area contributed by atoms with Crippen molar-refractivity contribution in [1.29, 1.82) is 0 Å². The first-order chi connectivity index (χ1) is 7.40. The second kappa shape index (κ2) is 4.61. The Kier molecular flexibility index (Phi) is 3.64. The van der Waals surface area contributed by atoms with Crippen LogP contribution in [0.1, 0.15) is 11.6 Å². The van der Waals surface area contributed by atoms with Crippen molar-refractivity contribution in [2.45, 2.75) is 12.2 Å². The van der Waals surface area contributed by atoms with Crippen molar-refractivity contribution in [1.82, 2.24) is 0 Å². The molecule has 2 N–H and O–H groups in total. The van der Waals surface area contributed by atoms with E-state index in [-0.39, 0.29) is 11.3 Å². The predicted octanol–water partition coefficient (Wildman–Crippen LogP) is 2.27. The van der Waals surface area contributed by atoms with E-state index in [1.54, 1.807) is 0 Å². The summed E-state index contributed by atoms with van der Waals surface area (Å²) in [5.74, 6) is 0.471. The first-order valence-corrected chi connectivity index (χ1v) is 4.44. The molecule has 0 aliphatic heterocycles. The average molecular weight is 235 g/mol. The lowest BCUT2D eigenvalue weighted by molar-refractivity contribution is -0.149. The molecule has 1 atom stereocenters. The molecule has 0 saturated carbocycles. The standard InChI is InChI=1S/C10H12F3NO2/c1-15-6-3-4-7(8(5-6)16-2)9(14)10(11,12)13/h3-5,9H,14H2,1-2H3/t9-/m0/s1. The third-order valence-electron chi connectivity index (χ3n) is 2.13. The maximum absolute atomic E-state index is 12.4. The Morgan fingerprint density at radius 1 is 1.19 bits per heavy atom. The molecule has 3 nitrogen and oxygen atoms in total. The van der Waals surface area contributed by atoms with Crippen LogP contribution < -0.4 is 15.2 Å². The summed E-state index contributed by atoms with van der Waals surface area (Å²) in [4.78, 5) is 0. The molecule has 1 aromatic carbocycles. The molecule has 0 aliphatic carbocycles. The van der Waals surface area contributed by atoms with Gasteiger partial charge in [-0.3, -0.25) is 0 Å². The zero-order valence-corrected chi connectivity index (χ0v) is 8.84. The molecular weight excluding hydrogens is 223 g/mol. The van der Waals surface area contributed by atoms with Gasteiger partial charge in [0.25, 0.3) is 0 Å². The fraction of sp³-hybridized carbons (Fsp3) is 0.400. The zero-order valence-electron chi connectivity index (χ0n) is 8.84. The number of nitrogens with two attached hydrogens (primary N) is 1. The minimum absolute atomic E-state index is 0.0594. The third kappa shape index (κ3) is 2.57. The van der Waals surface area contributed by atoms with Gasteiger partial charge >= 0.3 is 6.18 Å². The van der Waals surface area contributed by atoms with Crippen molar-refractivity contribution < 1.29 is 22.6 Å². The van der Waals surface area contributed by atoms with Crippen LogP contribution in [0.5, 0.6) is 11.5 Å². The predicted molar refractivity (Wildman–Crippen MR) is 52.5 cm³/mol. The van der Waals surface area contributed by atoms with Crippen molar-refractivity contribution in [2.75, 3.05) is 14.2 Å². The van der Waals surface area contributed by atoms with Crippen molar-refractivity contribution in [3.8, 4) is 11.5 Å². The molecule has 0 aliphatic rings. The van der Waals surface area contributed by atoms with Gasteiger partial charge in [0, 0.05) is 11.6 Å². The molecule has 1 aromatic rings. The Morgan fingerprint density at radius 3 is 2.25 bits per heavy atom. The number of hydrogen-bond acceptors (Lipinski definition) is 3. The molecule has 0 unspecified atom stereocenters. The maximum atomic E-state index is 12.4. The van der Waals surface area contributed by atoms with Gasteiger partial charge in [-0.05, 0) is 12.1 Å². The van der Waals surface area contributed by atoms with Crippen molar-refractivity contribution >= 4 is 0 Å². The lowest BCUT2D eigenvalue weighted by Crippen LogP contribution is -2.28. The van der Waals surface area contributed by atoms with Crippen molar-refractivity contribution in [3.05, 3.63) is 23.8 Å². The summed E-state index contributed by atoms with van der Waals surface area (Å²) in [6, 6.07) is 1.95. The van der Waals surface area contributed by atoms with Crippen LogP contribution in [-0.4, -0.2) is 20.4 Å². The molecule has 0 spiro atoms. The van der Waals surface area contributed by atoms with Gasteiger partial charge in [-0.15, -0.1) is 0 Å². The van der Waals surface area contributed by atoms with Gasteiger partial charge in [0.1, 0.15) is 17.5 Å². The van der Waals surface area contributed by atoms with Gasteiger partial charge in [-0.2, -0.15) is 13.2 Å². The SMILES string of the molecule is COc1ccc([C@H](N)C(F)(F)F)c(OC)c1. The quantitative estimate of drug-likeness (QED) is 0.874. The summed E-state index contributed by atoms with van der Waals surface area (Å²) in [6.45, 7) is 0. The minimum Gasteiger partial charge on any atom is -0.497 e. The van der Waals surface area contributed by atoms with Gasteiger partial charge in [0.2, 0.25) is 0 Å². The van der Waals surface area contributed by atoms with E-state index in [4.69, 9.17) is 15.2 Å². The lowest BCUT2D eigenvalue weighted by Gasteiger charge is -2.18. The molecule has 16 heavy (non-hydrogen) atoms. The summed E-state index contributed by atoms with van der Waals surface area (Å²) in [5, 5.41) is 0. The lowest BCUT2D eigenvalue weighted by atomic mass is 10.1. The molecular formula is C10H12F3NO2. The molecule has 0 aromatic heterocycles. The number of benzene rings is 1. The maximum Gasteiger partial charge on any atom is 0.407 e. The Morgan fingerprint density at radius 2 is 1.81 bits per heavy atom. The molecule has 0 radical (unpaired) electrons. The van der Waals surface area contributed by atoms with Crippen LogP contribution >= 0.6 is 0 Å². The molecule has 0 amide bonds. The average Bonchev–Trinajstić information content (AvgIpc) is 2.26. The molecule has 0 heterocycles. The monoisotopic (exact) mass is 235 g/mol. The van der Waals surface area contributed by atoms with E-state index in [2.05, 4.69) is 0 Å². The Balaban J connectivity index is 3.14. The normalized spacial score (nSPS) is 13.4. The molecule has 90 valence electrons. The molecule has 0 saturated heterocycles. The minimum atomic E-state index is -4.50. The van der Waals surface area contributed by atoms with E-state index in [1.165, 1.54) is 32.4 Å². The summed E-state index contributed by atoms with van der Waals surface area (Å²) in [7, 11) is 2.69. The smallest absolute Gasteiger partial charge is 0.407 e. The van der Waals surface area contributed by atoms with Crippen LogP contribution in [-0.2, 0) is 0 Å². The number of halogens is 3.